The number of nitrogens with one attached hydrogen (secondary N) is 1. The first kappa shape index (κ1) is 26.3. The SMILES string of the molecule is C=CCOc1ccc(CN[C@@H]2CC[C@@](C(=O)N3CCc4ccc(C(F)(F)F)cc4C3)(C(C)C)C2)cc1. The fraction of sp³-hybridized carbons (Fsp3) is 0.483. The molecule has 0 spiro atoms. The van der Waals surface area contributed by atoms with Gasteiger partial charge in [0.15, 0.2) is 0 Å². The van der Waals surface area contributed by atoms with Gasteiger partial charge in [-0.25, -0.2) is 0 Å². The van der Waals surface area contributed by atoms with Crippen molar-refractivity contribution < 1.29 is 22.7 Å². The van der Waals surface area contributed by atoms with Crippen molar-refractivity contribution in [1.82, 2.24) is 10.2 Å². The average Bonchev–Trinajstić information content (AvgIpc) is 3.31. The first-order valence-corrected chi connectivity index (χ1v) is 12.7. The van der Waals surface area contributed by atoms with E-state index in [9.17, 15) is 18.0 Å². The van der Waals surface area contributed by atoms with Crippen LogP contribution in [0.2, 0.25) is 0 Å². The molecule has 7 heteroatoms. The van der Waals surface area contributed by atoms with Gasteiger partial charge < -0.3 is 15.0 Å². The van der Waals surface area contributed by atoms with Gasteiger partial charge in [0.1, 0.15) is 12.4 Å². The van der Waals surface area contributed by atoms with Crippen molar-refractivity contribution in [3.05, 3.63) is 77.4 Å². The summed E-state index contributed by atoms with van der Waals surface area (Å²) in [6.07, 6.45) is 0.316. The van der Waals surface area contributed by atoms with E-state index in [0.29, 0.717) is 31.7 Å². The number of carbonyl (C=O) groups is 1. The predicted molar refractivity (Wildman–Crippen MR) is 134 cm³/mol. The third-order valence-electron chi connectivity index (χ3n) is 7.80. The molecule has 194 valence electrons. The van der Waals surface area contributed by atoms with Crippen LogP contribution in [-0.2, 0) is 30.5 Å². The molecule has 36 heavy (non-hydrogen) atoms. The van der Waals surface area contributed by atoms with E-state index in [2.05, 4.69) is 25.7 Å². The van der Waals surface area contributed by atoms with Gasteiger partial charge in [-0.3, -0.25) is 4.79 Å². The molecule has 0 radical (unpaired) electrons. The van der Waals surface area contributed by atoms with Crippen molar-refractivity contribution in [2.24, 2.45) is 11.3 Å². The molecule has 0 saturated heterocycles. The Kier molecular flexibility index (Phi) is 7.79. The molecule has 1 fully saturated rings. The molecule has 1 aliphatic heterocycles. The Labute approximate surface area is 211 Å². The van der Waals surface area contributed by atoms with E-state index >= 15 is 0 Å². The minimum Gasteiger partial charge on any atom is -0.490 e. The first-order chi connectivity index (χ1) is 17.1. The maximum atomic E-state index is 13.9. The number of hydrogen-bond acceptors (Lipinski definition) is 3. The number of rotatable bonds is 8. The Hall–Kier alpha value is -2.80. The number of fused-ring (bicyclic) bond motifs is 1. The molecule has 2 aliphatic rings. The van der Waals surface area contributed by atoms with Gasteiger partial charge in [0.25, 0.3) is 0 Å². The van der Waals surface area contributed by atoms with E-state index < -0.39 is 17.2 Å². The lowest BCUT2D eigenvalue weighted by atomic mass is 9.74. The van der Waals surface area contributed by atoms with Gasteiger partial charge in [0.05, 0.1) is 11.0 Å². The smallest absolute Gasteiger partial charge is 0.416 e. The van der Waals surface area contributed by atoms with Crippen LogP contribution in [0.4, 0.5) is 13.2 Å². The van der Waals surface area contributed by atoms with Crippen molar-refractivity contribution in [2.45, 2.75) is 64.8 Å². The van der Waals surface area contributed by atoms with Gasteiger partial charge in [-0.1, -0.05) is 44.7 Å². The molecule has 0 aromatic heterocycles. The average molecular weight is 501 g/mol. The van der Waals surface area contributed by atoms with Crippen LogP contribution in [-0.4, -0.2) is 30.0 Å². The summed E-state index contributed by atoms with van der Waals surface area (Å²) < 4.78 is 45.2. The summed E-state index contributed by atoms with van der Waals surface area (Å²) in [4.78, 5) is 15.6. The summed E-state index contributed by atoms with van der Waals surface area (Å²) >= 11 is 0. The van der Waals surface area contributed by atoms with Crippen LogP contribution in [0.25, 0.3) is 0 Å². The van der Waals surface area contributed by atoms with E-state index in [4.69, 9.17) is 4.74 Å². The number of benzene rings is 2. The van der Waals surface area contributed by atoms with Crippen LogP contribution in [0.1, 0.15) is 55.4 Å². The number of carbonyl (C=O) groups excluding carboxylic acids is 1. The number of alkyl halides is 3. The van der Waals surface area contributed by atoms with E-state index in [0.717, 1.165) is 42.2 Å². The minimum absolute atomic E-state index is 0.0774. The fourth-order valence-electron chi connectivity index (χ4n) is 5.56. The van der Waals surface area contributed by atoms with Gasteiger partial charge in [-0.15, -0.1) is 0 Å². The maximum Gasteiger partial charge on any atom is 0.416 e. The molecule has 1 aliphatic carbocycles. The van der Waals surface area contributed by atoms with Crippen molar-refractivity contribution in [3.8, 4) is 5.75 Å². The quantitative estimate of drug-likeness (QED) is 0.443. The number of nitrogens with zero attached hydrogens (tertiary/aromatic N) is 1. The van der Waals surface area contributed by atoms with Gasteiger partial charge >= 0.3 is 6.18 Å². The molecule has 2 aromatic rings. The molecule has 1 amide bonds. The van der Waals surface area contributed by atoms with Gasteiger partial charge in [0, 0.05) is 25.7 Å². The van der Waals surface area contributed by atoms with Crippen LogP contribution in [0.5, 0.6) is 5.75 Å². The van der Waals surface area contributed by atoms with Crippen molar-refractivity contribution >= 4 is 5.91 Å². The first-order valence-electron chi connectivity index (χ1n) is 12.7. The Bertz CT molecular complexity index is 1080. The topological polar surface area (TPSA) is 41.6 Å². The number of ether oxygens (including phenoxy) is 1. The van der Waals surface area contributed by atoms with Gasteiger partial charge in [-0.05, 0) is 72.6 Å². The Morgan fingerprint density at radius 3 is 2.64 bits per heavy atom. The molecule has 2 aromatic carbocycles. The molecule has 0 bridgehead atoms. The van der Waals surface area contributed by atoms with Crippen LogP contribution >= 0.6 is 0 Å². The summed E-state index contributed by atoms with van der Waals surface area (Å²) in [5, 5.41) is 3.61. The molecule has 0 unspecified atom stereocenters. The maximum absolute atomic E-state index is 13.9. The predicted octanol–water partition coefficient (Wildman–Crippen LogP) is 6.14. The van der Waals surface area contributed by atoms with Crippen LogP contribution < -0.4 is 10.1 Å². The van der Waals surface area contributed by atoms with E-state index in [1.165, 1.54) is 6.07 Å². The molecule has 4 nitrogen and oxygen atoms in total. The third-order valence-corrected chi connectivity index (χ3v) is 7.80. The molecule has 4 rings (SSSR count). The van der Waals surface area contributed by atoms with Crippen molar-refractivity contribution in [2.75, 3.05) is 13.2 Å². The lowest BCUT2D eigenvalue weighted by Crippen LogP contribution is -2.48. The largest absolute Gasteiger partial charge is 0.490 e. The van der Waals surface area contributed by atoms with Gasteiger partial charge in [0.2, 0.25) is 5.91 Å². The summed E-state index contributed by atoms with van der Waals surface area (Å²) in [5.74, 6) is 1.02. The summed E-state index contributed by atoms with van der Waals surface area (Å²) in [6.45, 7) is 9.78. The Balaban J connectivity index is 1.40. The summed E-state index contributed by atoms with van der Waals surface area (Å²) in [6, 6.07) is 12.1. The number of halogens is 3. The fourth-order valence-corrected chi connectivity index (χ4v) is 5.56. The second kappa shape index (κ2) is 10.7. The molecule has 1 heterocycles. The van der Waals surface area contributed by atoms with Crippen molar-refractivity contribution in [3.63, 3.8) is 0 Å². The van der Waals surface area contributed by atoms with E-state index in [-0.39, 0.29) is 24.4 Å². The zero-order chi connectivity index (χ0) is 25.9. The highest BCUT2D eigenvalue weighted by Crippen LogP contribution is 2.46. The minimum atomic E-state index is -4.39. The molecule has 2 atom stereocenters. The Morgan fingerprint density at radius 1 is 1.22 bits per heavy atom. The lowest BCUT2D eigenvalue weighted by Gasteiger charge is -2.40. The van der Waals surface area contributed by atoms with Gasteiger partial charge in [-0.2, -0.15) is 13.2 Å². The summed E-state index contributed by atoms with van der Waals surface area (Å²) in [7, 11) is 0. The Morgan fingerprint density at radius 2 is 1.97 bits per heavy atom. The number of hydrogen-bond donors (Lipinski definition) is 1. The summed E-state index contributed by atoms with van der Waals surface area (Å²) in [5.41, 5.74) is 1.50. The highest BCUT2D eigenvalue weighted by Gasteiger charge is 2.49. The normalized spacial score (nSPS) is 21.9. The zero-order valence-corrected chi connectivity index (χ0v) is 21.0. The molecular formula is C29H35F3N2O2. The zero-order valence-electron chi connectivity index (χ0n) is 21.0. The van der Waals surface area contributed by atoms with E-state index in [1.807, 2.05) is 24.3 Å². The van der Waals surface area contributed by atoms with Crippen molar-refractivity contribution in [1.29, 1.82) is 0 Å². The standard InChI is InChI=1S/C29H35F3N2O2/c1-4-15-36-26-9-5-21(6-10-26)18-33-25-11-13-28(17-25,20(2)3)27(35)34-14-12-22-7-8-24(29(30,31)32)16-23(22)19-34/h4-10,16,20,25,33H,1,11-15,17-19H2,2-3H3/t25-,28+/m1/s1. The molecular weight excluding hydrogens is 465 g/mol. The van der Waals surface area contributed by atoms with Crippen LogP contribution in [0.3, 0.4) is 0 Å². The molecule has 1 saturated carbocycles. The van der Waals surface area contributed by atoms with E-state index in [1.54, 1.807) is 17.0 Å². The van der Waals surface area contributed by atoms with Crippen LogP contribution in [0, 0.1) is 11.3 Å². The lowest BCUT2D eigenvalue weighted by molar-refractivity contribution is -0.145. The highest BCUT2D eigenvalue weighted by molar-refractivity contribution is 5.84. The monoisotopic (exact) mass is 500 g/mol. The second-order valence-electron chi connectivity index (χ2n) is 10.3. The highest BCUT2D eigenvalue weighted by atomic mass is 19.4. The van der Waals surface area contributed by atoms with Crippen LogP contribution in [0.15, 0.2) is 55.1 Å². The number of amides is 1. The molecule has 1 N–H and O–H groups in total. The third kappa shape index (κ3) is 5.61. The second-order valence-corrected chi connectivity index (χ2v) is 10.3.